The number of hydrogen-bond donors (Lipinski definition) is 1. The van der Waals surface area contributed by atoms with Crippen LogP contribution in [0.2, 0.25) is 5.02 Å². The molecule has 3 atom stereocenters. The maximum absolute atomic E-state index is 14.1. The second-order valence-electron chi connectivity index (χ2n) is 6.80. The smallest absolute Gasteiger partial charge is 0.422 e. The molecule has 0 saturated carbocycles. The minimum Gasteiger partial charge on any atom is -0.485 e. The number of nitriles is 1. The Labute approximate surface area is 187 Å². The van der Waals surface area contributed by atoms with Gasteiger partial charge in [-0.05, 0) is 12.1 Å². The first kappa shape index (κ1) is 24.2. The topological polar surface area (TPSA) is 95.7 Å². The van der Waals surface area contributed by atoms with Crippen LogP contribution < -0.4 is 9.47 Å². The summed E-state index contributed by atoms with van der Waals surface area (Å²) < 4.78 is 76.5. The number of rotatable bonds is 7. The Morgan fingerprint density at radius 1 is 1.31 bits per heavy atom. The van der Waals surface area contributed by atoms with E-state index in [1.807, 2.05) is 0 Å². The lowest BCUT2D eigenvalue weighted by molar-refractivity contribution is -0.153. The summed E-state index contributed by atoms with van der Waals surface area (Å²) in [6, 6.07) is 6.07. The second kappa shape index (κ2) is 9.99. The van der Waals surface area contributed by atoms with Crippen molar-refractivity contribution in [3.05, 3.63) is 46.9 Å². The van der Waals surface area contributed by atoms with Crippen LogP contribution in [0.25, 0.3) is 0 Å². The molecule has 32 heavy (non-hydrogen) atoms. The Kier molecular flexibility index (Phi) is 7.55. The van der Waals surface area contributed by atoms with E-state index in [0.717, 1.165) is 12.1 Å². The van der Waals surface area contributed by atoms with E-state index < -0.39 is 52.9 Å². The molecular formula is C19H16ClF4N3O4S. The van der Waals surface area contributed by atoms with Crippen LogP contribution in [0.15, 0.2) is 35.5 Å². The highest BCUT2D eigenvalue weighted by atomic mass is 35.5. The molecule has 1 N–H and O–H groups in total. The fourth-order valence-corrected chi connectivity index (χ4v) is 4.31. The largest absolute Gasteiger partial charge is 0.485 e. The zero-order chi connectivity index (χ0) is 23.5. The minimum absolute atomic E-state index is 0.00246. The molecule has 0 radical (unpaired) electrons. The molecule has 1 aliphatic rings. The fraction of sp³-hybridized carbons (Fsp3) is 0.368. The van der Waals surface area contributed by atoms with Gasteiger partial charge in [-0.15, -0.1) is 0 Å². The highest BCUT2D eigenvalue weighted by molar-refractivity contribution is 7.82. The third-order valence-electron chi connectivity index (χ3n) is 4.52. The van der Waals surface area contributed by atoms with Crippen molar-refractivity contribution in [3.8, 4) is 17.6 Å². The minimum atomic E-state index is -4.67. The quantitative estimate of drug-likeness (QED) is 0.596. The first-order valence-corrected chi connectivity index (χ1v) is 10.6. The van der Waals surface area contributed by atoms with Gasteiger partial charge < -0.3 is 14.6 Å². The first-order valence-electron chi connectivity index (χ1n) is 9.10. The van der Waals surface area contributed by atoms with Gasteiger partial charge in [0.15, 0.2) is 18.1 Å². The van der Waals surface area contributed by atoms with Crippen LogP contribution in [0, 0.1) is 23.1 Å². The molecule has 1 aliphatic heterocycles. The lowest BCUT2D eigenvalue weighted by Crippen LogP contribution is -2.29. The number of halogens is 5. The van der Waals surface area contributed by atoms with E-state index in [0.29, 0.717) is 5.02 Å². The number of aliphatic hydroxyl groups is 1. The van der Waals surface area contributed by atoms with E-state index in [1.165, 1.54) is 28.7 Å². The van der Waals surface area contributed by atoms with Gasteiger partial charge in [0.2, 0.25) is 0 Å². The van der Waals surface area contributed by atoms with E-state index in [-0.39, 0.29) is 30.5 Å². The Balaban J connectivity index is 1.82. The average Bonchev–Trinajstić information content (AvgIpc) is 3.15. The maximum atomic E-state index is 14.1. The summed E-state index contributed by atoms with van der Waals surface area (Å²) in [4.78, 5) is 3.99. The number of pyridine rings is 1. The van der Waals surface area contributed by atoms with Gasteiger partial charge in [0.1, 0.15) is 34.0 Å². The van der Waals surface area contributed by atoms with Crippen molar-refractivity contribution in [2.24, 2.45) is 5.92 Å². The highest BCUT2D eigenvalue weighted by Crippen LogP contribution is 2.35. The summed E-state index contributed by atoms with van der Waals surface area (Å²) in [5, 5.41) is 19.2. The lowest BCUT2D eigenvalue weighted by atomic mass is 10.1. The third-order valence-corrected chi connectivity index (χ3v) is 6.11. The predicted octanol–water partition coefficient (Wildman–Crippen LogP) is 3.08. The molecule has 172 valence electrons. The normalized spacial score (nSPS) is 20.0. The molecule has 2 heterocycles. The molecule has 2 unspecified atom stereocenters. The number of ether oxygens (including phenoxy) is 2. The highest BCUT2D eigenvalue weighted by Gasteiger charge is 2.38. The molecule has 1 fully saturated rings. The monoisotopic (exact) mass is 493 g/mol. The van der Waals surface area contributed by atoms with Gasteiger partial charge in [0, 0.05) is 37.3 Å². The van der Waals surface area contributed by atoms with Crippen molar-refractivity contribution < 1.29 is 36.4 Å². The lowest BCUT2D eigenvalue weighted by Gasteiger charge is -2.21. The molecule has 7 nitrogen and oxygen atoms in total. The van der Waals surface area contributed by atoms with Crippen LogP contribution in [0.3, 0.4) is 0 Å². The fourth-order valence-electron chi connectivity index (χ4n) is 2.99. The van der Waals surface area contributed by atoms with Crippen molar-refractivity contribution >= 4 is 22.6 Å². The molecule has 2 aromatic rings. The first-order chi connectivity index (χ1) is 15.1. The Hall–Kier alpha value is -2.46. The summed E-state index contributed by atoms with van der Waals surface area (Å²) in [5.41, 5.74) is -0.517. The molecule has 13 heteroatoms. The Morgan fingerprint density at radius 3 is 2.66 bits per heavy atom. The van der Waals surface area contributed by atoms with Gasteiger partial charge >= 0.3 is 6.18 Å². The molecular weight excluding hydrogens is 478 g/mol. The molecule has 1 aromatic heterocycles. The van der Waals surface area contributed by atoms with Crippen molar-refractivity contribution in [3.63, 3.8) is 0 Å². The van der Waals surface area contributed by atoms with Crippen LogP contribution in [-0.2, 0) is 11.0 Å². The van der Waals surface area contributed by atoms with Gasteiger partial charge in [-0.25, -0.2) is 17.9 Å². The van der Waals surface area contributed by atoms with Crippen LogP contribution >= 0.6 is 11.6 Å². The average molecular weight is 494 g/mol. The molecule has 0 spiro atoms. The van der Waals surface area contributed by atoms with Crippen LogP contribution in [-0.4, -0.2) is 57.2 Å². The van der Waals surface area contributed by atoms with Crippen molar-refractivity contribution in [2.45, 2.75) is 17.3 Å². The van der Waals surface area contributed by atoms with Gasteiger partial charge in [-0.2, -0.15) is 18.4 Å². The summed E-state index contributed by atoms with van der Waals surface area (Å²) >= 11 is 5.78. The van der Waals surface area contributed by atoms with Gasteiger partial charge in [-0.1, -0.05) is 11.6 Å². The Bertz CT molecular complexity index is 1030. The van der Waals surface area contributed by atoms with E-state index in [2.05, 4.69) is 4.98 Å². The number of benzene rings is 1. The molecule has 1 aromatic carbocycles. The molecule has 3 rings (SSSR count). The molecule has 0 aliphatic carbocycles. The van der Waals surface area contributed by atoms with Gasteiger partial charge in [0.25, 0.3) is 0 Å². The number of hydrogen-bond acceptors (Lipinski definition) is 6. The number of aliphatic hydroxyl groups excluding tert-OH is 1. The number of aromatic nitrogens is 1. The van der Waals surface area contributed by atoms with E-state index in [1.54, 1.807) is 0 Å². The van der Waals surface area contributed by atoms with Crippen molar-refractivity contribution in [1.82, 2.24) is 9.29 Å². The summed E-state index contributed by atoms with van der Waals surface area (Å²) in [6.45, 7) is -1.94. The van der Waals surface area contributed by atoms with E-state index in [4.69, 9.17) is 26.3 Å². The van der Waals surface area contributed by atoms with Crippen LogP contribution in [0.5, 0.6) is 11.5 Å². The second-order valence-corrected chi connectivity index (χ2v) is 8.67. The predicted molar refractivity (Wildman–Crippen MR) is 105 cm³/mol. The standard InChI is InChI=1S/C19H16ClF4N3O4S/c20-13-1-2-18(26-6-13)32(29)27-7-12(9-28)17(8-27)31-16-4-14(21)11(5-25)3-15(16)30-10-19(22,23)24/h1-4,6,12,17,28H,7-10H2/t12?,17-,32?/m0/s1. The molecule has 1 saturated heterocycles. The van der Waals surface area contributed by atoms with Crippen molar-refractivity contribution in [2.75, 3.05) is 26.3 Å². The Morgan fingerprint density at radius 2 is 2.06 bits per heavy atom. The zero-order valence-corrected chi connectivity index (χ0v) is 17.8. The summed E-state index contributed by atoms with van der Waals surface area (Å²) in [6.07, 6.45) is -4.19. The van der Waals surface area contributed by atoms with Gasteiger partial charge in [0.05, 0.1) is 17.2 Å². The third kappa shape index (κ3) is 5.86. The SMILES string of the molecule is N#Cc1cc(OCC(F)(F)F)c(O[C@H]2CN(S(=O)c3ccc(Cl)cn3)CC2CO)cc1F. The van der Waals surface area contributed by atoms with Gasteiger partial charge in [-0.3, -0.25) is 0 Å². The zero-order valence-electron chi connectivity index (χ0n) is 16.2. The maximum Gasteiger partial charge on any atom is 0.422 e. The number of alkyl halides is 3. The molecule has 0 bridgehead atoms. The summed E-state index contributed by atoms with van der Waals surface area (Å²) in [7, 11) is -1.72. The summed E-state index contributed by atoms with van der Waals surface area (Å²) in [5.74, 6) is -2.44. The number of nitrogens with zero attached hydrogens (tertiary/aromatic N) is 3. The van der Waals surface area contributed by atoms with E-state index >= 15 is 0 Å². The van der Waals surface area contributed by atoms with Crippen molar-refractivity contribution in [1.29, 1.82) is 5.26 Å². The van der Waals surface area contributed by atoms with E-state index in [9.17, 15) is 26.9 Å². The van der Waals surface area contributed by atoms with Crippen LogP contribution in [0.4, 0.5) is 17.6 Å². The van der Waals surface area contributed by atoms with Crippen LogP contribution in [0.1, 0.15) is 5.56 Å². The molecule has 0 amide bonds.